The number of aliphatic imine (C=N–C) groups is 1. The second-order valence-electron chi connectivity index (χ2n) is 5.02. The zero-order valence-corrected chi connectivity index (χ0v) is 12.6. The van der Waals surface area contributed by atoms with Crippen LogP contribution in [0, 0.1) is 18.7 Å². The molecule has 1 aliphatic heterocycles. The Morgan fingerprint density at radius 2 is 2.11 bits per heavy atom. The molecule has 19 heavy (non-hydrogen) atoms. The van der Waals surface area contributed by atoms with Crippen LogP contribution in [0.1, 0.15) is 32.3 Å². The Morgan fingerprint density at radius 1 is 1.37 bits per heavy atom. The molecule has 0 aromatic heterocycles. The van der Waals surface area contributed by atoms with Crippen molar-refractivity contribution < 1.29 is 4.39 Å². The summed E-state index contributed by atoms with van der Waals surface area (Å²) < 4.78 is 13.3. The number of halogens is 1. The van der Waals surface area contributed by atoms with Gasteiger partial charge in [0.1, 0.15) is 5.82 Å². The summed E-state index contributed by atoms with van der Waals surface area (Å²) in [5, 5.41) is 4.71. The first-order valence-electron chi connectivity index (χ1n) is 6.87. The number of hydrogen-bond acceptors (Lipinski definition) is 3. The molecule has 0 radical (unpaired) electrons. The third-order valence-corrected chi connectivity index (χ3v) is 4.84. The summed E-state index contributed by atoms with van der Waals surface area (Å²) in [4.78, 5) is 4.53. The molecule has 1 atom stereocenters. The van der Waals surface area contributed by atoms with Gasteiger partial charge in [-0.05, 0) is 36.6 Å². The maximum absolute atomic E-state index is 13.3. The quantitative estimate of drug-likeness (QED) is 0.881. The second-order valence-corrected chi connectivity index (χ2v) is 6.25. The Hall–Kier alpha value is -1.03. The van der Waals surface area contributed by atoms with Gasteiger partial charge in [0.2, 0.25) is 0 Å². The fourth-order valence-electron chi connectivity index (χ4n) is 2.45. The Balaban J connectivity index is 1.98. The molecule has 0 aliphatic carbocycles. The molecule has 1 unspecified atom stereocenters. The zero-order chi connectivity index (χ0) is 13.8. The van der Waals surface area contributed by atoms with Crippen molar-refractivity contribution in [2.24, 2.45) is 10.9 Å². The van der Waals surface area contributed by atoms with E-state index in [0.717, 1.165) is 23.0 Å². The van der Waals surface area contributed by atoms with E-state index in [1.54, 1.807) is 11.8 Å². The van der Waals surface area contributed by atoms with Gasteiger partial charge in [0.15, 0.2) is 5.17 Å². The largest absolute Gasteiger partial charge is 0.335 e. The summed E-state index contributed by atoms with van der Waals surface area (Å²) in [6, 6.07) is 4.99. The highest BCUT2D eigenvalue weighted by molar-refractivity contribution is 8.15. The highest BCUT2D eigenvalue weighted by Crippen LogP contribution is 2.31. The van der Waals surface area contributed by atoms with Crippen LogP contribution < -0.4 is 5.32 Å². The van der Waals surface area contributed by atoms with Gasteiger partial charge < -0.3 is 5.32 Å². The molecule has 2 rings (SSSR count). The lowest BCUT2D eigenvalue weighted by Gasteiger charge is -2.18. The molecule has 0 fully saturated rings. The first kappa shape index (κ1) is 14.4. The van der Waals surface area contributed by atoms with Crippen LogP contribution in [0.5, 0.6) is 0 Å². The van der Waals surface area contributed by atoms with Crippen LogP contribution in [0.3, 0.4) is 0 Å². The second kappa shape index (κ2) is 6.42. The predicted molar refractivity (Wildman–Crippen MR) is 82.5 cm³/mol. The van der Waals surface area contributed by atoms with E-state index < -0.39 is 0 Å². The predicted octanol–water partition coefficient (Wildman–Crippen LogP) is 4.45. The Kier molecular flexibility index (Phi) is 4.86. The highest BCUT2D eigenvalue weighted by atomic mass is 32.2. The van der Waals surface area contributed by atoms with E-state index in [4.69, 9.17) is 0 Å². The molecule has 0 saturated heterocycles. The van der Waals surface area contributed by atoms with E-state index in [1.807, 2.05) is 13.0 Å². The van der Waals surface area contributed by atoms with Gasteiger partial charge >= 0.3 is 0 Å². The summed E-state index contributed by atoms with van der Waals surface area (Å²) in [6.07, 6.45) is 2.38. The average Bonchev–Trinajstić information content (AvgIpc) is 2.78. The molecule has 1 aliphatic rings. The van der Waals surface area contributed by atoms with E-state index >= 15 is 0 Å². The summed E-state index contributed by atoms with van der Waals surface area (Å²) in [5.41, 5.74) is 1.71. The minimum atomic E-state index is -0.206. The summed E-state index contributed by atoms with van der Waals surface area (Å²) in [7, 11) is 0. The molecular weight excluding hydrogens is 259 g/mol. The Morgan fingerprint density at radius 3 is 2.74 bits per heavy atom. The lowest BCUT2D eigenvalue weighted by molar-refractivity contribution is 0.479. The van der Waals surface area contributed by atoms with Crippen LogP contribution in [0.15, 0.2) is 23.2 Å². The first-order chi connectivity index (χ1) is 9.12. The van der Waals surface area contributed by atoms with E-state index in [0.29, 0.717) is 11.2 Å². The van der Waals surface area contributed by atoms with Crippen LogP contribution in [0.2, 0.25) is 0 Å². The standard InChI is InChI=1S/C15H21FN2S/c1-4-11(5-2)14-9-17-15(19-14)18-13-7-10(3)6-12(16)8-13/h6-8,11,14H,4-5,9H2,1-3H3,(H,17,18). The molecule has 1 heterocycles. The van der Waals surface area contributed by atoms with Crippen molar-refractivity contribution in [1.29, 1.82) is 0 Å². The fraction of sp³-hybridized carbons (Fsp3) is 0.533. The van der Waals surface area contributed by atoms with Crippen molar-refractivity contribution in [3.05, 3.63) is 29.6 Å². The maximum atomic E-state index is 13.3. The number of anilines is 1. The van der Waals surface area contributed by atoms with Crippen LogP contribution in [-0.4, -0.2) is 17.0 Å². The van der Waals surface area contributed by atoms with Gasteiger partial charge in [-0.2, -0.15) is 0 Å². The molecule has 0 bridgehead atoms. The van der Waals surface area contributed by atoms with Crippen molar-refractivity contribution in [3.63, 3.8) is 0 Å². The number of benzene rings is 1. The molecular formula is C15H21FN2S. The number of nitrogens with zero attached hydrogens (tertiary/aromatic N) is 1. The lowest BCUT2D eigenvalue weighted by Crippen LogP contribution is -2.17. The number of amidine groups is 1. The fourth-order valence-corrected chi connectivity index (χ4v) is 3.79. The smallest absolute Gasteiger partial charge is 0.161 e. The molecule has 0 saturated carbocycles. The van der Waals surface area contributed by atoms with E-state index in [1.165, 1.54) is 25.0 Å². The Labute approximate surface area is 118 Å². The van der Waals surface area contributed by atoms with Crippen molar-refractivity contribution >= 4 is 22.6 Å². The number of nitrogens with one attached hydrogen (secondary N) is 1. The topological polar surface area (TPSA) is 24.4 Å². The van der Waals surface area contributed by atoms with Crippen molar-refractivity contribution in [1.82, 2.24) is 0 Å². The molecule has 104 valence electrons. The number of hydrogen-bond donors (Lipinski definition) is 1. The molecule has 1 aromatic rings. The summed E-state index contributed by atoms with van der Waals surface area (Å²) in [5.74, 6) is 0.505. The van der Waals surface area contributed by atoms with Crippen molar-refractivity contribution in [2.75, 3.05) is 11.9 Å². The van der Waals surface area contributed by atoms with Gasteiger partial charge in [-0.15, -0.1) is 0 Å². The monoisotopic (exact) mass is 280 g/mol. The van der Waals surface area contributed by atoms with Crippen LogP contribution in [0.25, 0.3) is 0 Å². The average molecular weight is 280 g/mol. The van der Waals surface area contributed by atoms with Gasteiger partial charge in [0.05, 0.1) is 6.54 Å². The first-order valence-corrected chi connectivity index (χ1v) is 7.75. The van der Waals surface area contributed by atoms with Gasteiger partial charge in [-0.1, -0.05) is 38.5 Å². The third kappa shape index (κ3) is 3.72. The van der Waals surface area contributed by atoms with Crippen molar-refractivity contribution in [2.45, 2.75) is 38.9 Å². The lowest BCUT2D eigenvalue weighted by atomic mass is 9.99. The maximum Gasteiger partial charge on any atom is 0.161 e. The van der Waals surface area contributed by atoms with E-state index in [-0.39, 0.29) is 5.82 Å². The summed E-state index contributed by atoms with van der Waals surface area (Å²) in [6.45, 7) is 7.23. The molecule has 4 heteroatoms. The molecule has 0 spiro atoms. The number of aryl methyl sites for hydroxylation is 1. The highest BCUT2D eigenvalue weighted by Gasteiger charge is 2.25. The number of rotatable bonds is 4. The molecule has 1 N–H and O–H groups in total. The summed E-state index contributed by atoms with van der Waals surface area (Å²) >= 11 is 1.79. The van der Waals surface area contributed by atoms with Crippen LogP contribution in [-0.2, 0) is 0 Å². The van der Waals surface area contributed by atoms with Crippen molar-refractivity contribution in [3.8, 4) is 0 Å². The Bertz CT molecular complexity index is 449. The molecule has 0 amide bonds. The molecule has 1 aromatic carbocycles. The van der Waals surface area contributed by atoms with Gasteiger partial charge in [0, 0.05) is 10.9 Å². The molecule has 2 nitrogen and oxygen atoms in total. The van der Waals surface area contributed by atoms with E-state index in [2.05, 4.69) is 24.2 Å². The minimum absolute atomic E-state index is 0.206. The number of thioether (sulfide) groups is 1. The SMILES string of the molecule is CCC(CC)C1CN=C(Nc2cc(C)cc(F)c2)S1. The van der Waals surface area contributed by atoms with Gasteiger partial charge in [0.25, 0.3) is 0 Å². The van der Waals surface area contributed by atoms with Gasteiger partial charge in [-0.3, -0.25) is 4.99 Å². The normalized spacial score (nSPS) is 18.8. The van der Waals surface area contributed by atoms with Crippen LogP contribution >= 0.6 is 11.8 Å². The van der Waals surface area contributed by atoms with Gasteiger partial charge in [-0.25, -0.2) is 4.39 Å². The minimum Gasteiger partial charge on any atom is -0.335 e. The van der Waals surface area contributed by atoms with Crippen LogP contribution in [0.4, 0.5) is 10.1 Å². The van der Waals surface area contributed by atoms with E-state index in [9.17, 15) is 4.39 Å². The third-order valence-electron chi connectivity index (χ3n) is 3.55. The zero-order valence-electron chi connectivity index (χ0n) is 11.7.